The van der Waals surface area contributed by atoms with E-state index in [1.54, 1.807) is 11.5 Å². The standard InChI is InChI=1S/C20H20N2O2S/c23-20(22-24)19-11-15-9-8-13(10-18(15)25-19)12-21-17-7-3-5-14-4-1-2-6-16(14)17/h1-2,4,6,8-11,17,21,24H,3,5,7,12H2,(H,22,23). The van der Waals surface area contributed by atoms with Crippen molar-refractivity contribution < 1.29 is 10.0 Å². The van der Waals surface area contributed by atoms with E-state index < -0.39 is 5.91 Å². The van der Waals surface area contributed by atoms with Gasteiger partial charge in [0.15, 0.2) is 0 Å². The van der Waals surface area contributed by atoms with Crippen molar-refractivity contribution in [2.75, 3.05) is 0 Å². The molecule has 0 saturated carbocycles. The Balaban J connectivity index is 1.51. The minimum Gasteiger partial charge on any atom is -0.306 e. The lowest BCUT2D eigenvalue weighted by Gasteiger charge is -2.26. The Morgan fingerprint density at radius 1 is 1.20 bits per heavy atom. The fourth-order valence-corrected chi connectivity index (χ4v) is 4.58. The van der Waals surface area contributed by atoms with Crippen molar-refractivity contribution >= 4 is 27.3 Å². The summed E-state index contributed by atoms with van der Waals surface area (Å²) in [5.74, 6) is -0.459. The van der Waals surface area contributed by atoms with Gasteiger partial charge in [-0.2, -0.15) is 0 Å². The maximum atomic E-state index is 11.6. The van der Waals surface area contributed by atoms with Crippen LogP contribution < -0.4 is 10.8 Å². The number of rotatable bonds is 4. The number of benzene rings is 2. The summed E-state index contributed by atoms with van der Waals surface area (Å²) < 4.78 is 1.06. The molecule has 0 spiro atoms. The summed E-state index contributed by atoms with van der Waals surface area (Å²) in [6.07, 6.45) is 3.56. The van der Waals surface area contributed by atoms with Gasteiger partial charge in [-0.05, 0) is 53.5 Å². The van der Waals surface area contributed by atoms with E-state index in [1.807, 2.05) is 6.07 Å². The van der Waals surface area contributed by atoms with Crippen molar-refractivity contribution in [3.63, 3.8) is 0 Å². The van der Waals surface area contributed by atoms with Gasteiger partial charge >= 0.3 is 0 Å². The molecule has 5 heteroatoms. The van der Waals surface area contributed by atoms with E-state index in [4.69, 9.17) is 5.21 Å². The van der Waals surface area contributed by atoms with E-state index in [0.29, 0.717) is 10.9 Å². The molecule has 2 aromatic carbocycles. The van der Waals surface area contributed by atoms with E-state index in [2.05, 4.69) is 41.7 Å². The molecule has 1 aromatic heterocycles. The molecule has 0 aliphatic heterocycles. The van der Waals surface area contributed by atoms with Crippen LogP contribution in [0.15, 0.2) is 48.5 Å². The molecule has 0 radical (unpaired) electrons. The van der Waals surface area contributed by atoms with Crippen molar-refractivity contribution in [3.05, 3.63) is 70.1 Å². The Morgan fingerprint density at radius 3 is 2.96 bits per heavy atom. The lowest BCUT2D eigenvalue weighted by molar-refractivity contribution is 0.0711. The smallest absolute Gasteiger partial charge is 0.284 e. The van der Waals surface area contributed by atoms with Gasteiger partial charge in [0.25, 0.3) is 5.91 Å². The first-order valence-electron chi connectivity index (χ1n) is 8.52. The van der Waals surface area contributed by atoms with Gasteiger partial charge in [0.2, 0.25) is 0 Å². The van der Waals surface area contributed by atoms with Crippen LogP contribution in [-0.2, 0) is 13.0 Å². The van der Waals surface area contributed by atoms with Gasteiger partial charge in [-0.3, -0.25) is 10.0 Å². The second-order valence-electron chi connectivity index (χ2n) is 6.45. The van der Waals surface area contributed by atoms with Crippen LogP contribution in [0, 0.1) is 0 Å². The van der Waals surface area contributed by atoms with E-state index in [0.717, 1.165) is 16.6 Å². The van der Waals surface area contributed by atoms with E-state index in [9.17, 15) is 4.79 Å². The van der Waals surface area contributed by atoms with Crippen LogP contribution in [0.4, 0.5) is 0 Å². The molecular weight excluding hydrogens is 332 g/mol. The highest BCUT2D eigenvalue weighted by Gasteiger charge is 2.19. The molecule has 0 fully saturated rings. The van der Waals surface area contributed by atoms with E-state index in [-0.39, 0.29) is 0 Å². The maximum absolute atomic E-state index is 11.6. The number of thiophene rings is 1. The molecule has 1 heterocycles. The first kappa shape index (κ1) is 16.3. The third kappa shape index (κ3) is 3.31. The quantitative estimate of drug-likeness (QED) is 0.487. The van der Waals surface area contributed by atoms with Gasteiger partial charge in [0.1, 0.15) is 0 Å². The maximum Gasteiger partial charge on any atom is 0.284 e. The van der Waals surface area contributed by atoms with Crippen LogP contribution >= 0.6 is 11.3 Å². The summed E-state index contributed by atoms with van der Waals surface area (Å²) in [5.41, 5.74) is 5.78. The first-order valence-corrected chi connectivity index (χ1v) is 9.34. The van der Waals surface area contributed by atoms with Gasteiger partial charge in [0, 0.05) is 17.3 Å². The Hall–Kier alpha value is -2.21. The normalized spacial score (nSPS) is 16.6. The highest BCUT2D eigenvalue weighted by Crippen LogP contribution is 2.30. The molecular formula is C20H20N2O2S. The monoisotopic (exact) mass is 352 g/mol. The highest BCUT2D eigenvalue weighted by atomic mass is 32.1. The SMILES string of the molecule is O=C(NO)c1cc2ccc(CNC3CCCc4ccccc43)cc2s1. The van der Waals surface area contributed by atoms with Crippen molar-refractivity contribution in [1.82, 2.24) is 10.8 Å². The molecule has 1 aliphatic carbocycles. The fraction of sp³-hybridized carbons (Fsp3) is 0.250. The van der Waals surface area contributed by atoms with Crippen LogP contribution in [0.5, 0.6) is 0 Å². The molecule has 128 valence electrons. The van der Waals surface area contributed by atoms with Crippen molar-refractivity contribution in [2.24, 2.45) is 0 Å². The van der Waals surface area contributed by atoms with E-state index >= 15 is 0 Å². The molecule has 1 unspecified atom stereocenters. The highest BCUT2D eigenvalue weighted by molar-refractivity contribution is 7.20. The Labute approximate surface area is 150 Å². The second kappa shape index (κ2) is 6.96. The average Bonchev–Trinajstić information content (AvgIpc) is 3.09. The predicted octanol–water partition coefficient (Wildman–Crippen LogP) is 4.19. The molecule has 0 saturated heterocycles. The van der Waals surface area contributed by atoms with Gasteiger partial charge in [-0.1, -0.05) is 36.4 Å². The number of fused-ring (bicyclic) bond motifs is 2. The van der Waals surface area contributed by atoms with Crippen LogP contribution in [-0.4, -0.2) is 11.1 Å². The Bertz CT molecular complexity index is 919. The molecule has 0 bridgehead atoms. The average molecular weight is 352 g/mol. The molecule has 4 nitrogen and oxygen atoms in total. The molecule has 3 N–H and O–H groups in total. The molecule has 1 amide bonds. The van der Waals surface area contributed by atoms with E-state index in [1.165, 1.54) is 47.3 Å². The Morgan fingerprint density at radius 2 is 2.08 bits per heavy atom. The van der Waals surface area contributed by atoms with Crippen molar-refractivity contribution in [3.8, 4) is 0 Å². The molecule has 1 atom stereocenters. The summed E-state index contributed by atoms with van der Waals surface area (Å²) in [6, 6.07) is 17.2. The molecule has 25 heavy (non-hydrogen) atoms. The van der Waals surface area contributed by atoms with Crippen molar-refractivity contribution in [1.29, 1.82) is 0 Å². The second-order valence-corrected chi connectivity index (χ2v) is 7.53. The Kier molecular flexibility index (Phi) is 4.53. The number of nitrogens with one attached hydrogen (secondary N) is 2. The summed E-state index contributed by atoms with van der Waals surface area (Å²) >= 11 is 1.39. The van der Waals surface area contributed by atoms with Crippen LogP contribution in [0.2, 0.25) is 0 Å². The number of hydroxylamine groups is 1. The zero-order valence-electron chi connectivity index (χ0n) is 13.8. The molecule has 3 aromatic rings. The topological polar surface area (TPSA) is 61.4 Å². The van der Waals surface area contributed by atoms with Gasteiger partial charge < -0.3 is 5.32 Å². The lowest BCUT2D eigenvalue weighted by atomic mass is 9.87. The number of aryl methyl sites for hydroxylation is 1. The summed E-state index contributed by atoms with van der Waals surface area (Å²) in [4.78, 5) is 12.1. The minimum atomic E-state index is -0.459. The largest absolute Gasteiger partial charge is 0.306 e. The number of hydrogen-bond acceptors (Lipinski definition) is 4. The third-order valence-corrected chi connectivity index (χ3v) is 5.93. The fourth-order valence-electron chi connectivity index (χ4n) is 3.56. The zero-order chi connectivity index (χ0) is 17.2. The van der Waals surface area contributed by atoms with Gasteiger partial charge in [-0.25, -0.2) is 5.48 Å². The van der Waals surface area contributed by atoms with Crippen molar-refractivity contribution in [2.45, 2.75) is 31.8 Å². The molecule has 4 rings (SSSR count). The number of hydrogen-bond donors (Lipinski definition) is 3. The lowest BCUT2D eigenvalue weighted by Crippen LogP contribution is -2.24. The minimum absolute atomic E-state index is 0.403. The number of amides is 1. The molecule has 1 aliphatic rings. The first-order chi connectivity index (χ1) is 12.2. The van der Waals surface area contributed by atoms with Crippen LogP contribution in [0.1, 0.15) is 45.2 Å². The summed E-state index contributed by atoms with van der Waals surface area (Å²) in [5, 5.41) is 13.5. The zero-order valence-corrected chi connectivity index (χ0v) is 14.6. The number of carbonyl (C=O) groups is 1. The van der Waals surface area contributed by atoms with Gasteiger partial charge in [-0.15, -0.1) is 11.3 Å². The predicted molar refractivity (Wildman–Crippen MR) is 100 cm³/mol. The number of carbonyl (C=O) groups excluding carboxylic acids is 1. The van der Waals surface area contributed by atoms with Crippen LogP contribution in [0.3, 0.4) is 0 Å². The van der Waals surface area contributed by atoms with Gasteiger partial charge in [0.05, 0.1) is 4.88 Å². The summed E-state index contributed by atoms with van der Waals surface area (Å²) in [6.45, 7) is 0.800. The third-order valence-electron chi connectivity index (χ3n) is 4.83. The van der Waals surface area contributed by atoms with Crippen LogP contribution in [0.25, 0.3) is 10.1 Å². The summed E-state index contributed by atoms with van der Waals surface area (Å²) in [7, 11) is 0.